The van der Waals surface area contributed by atoms with Gasteiger partial charge in [0.05, 0.1) is 11.7 Å². The van der Waals surface area contributed by atoms with Crippen molar-refractivity contribution in [2.24, 2.45) is 12.1 Å². The molecule has 0 aliphatic heterocycles. The van der Waals surface area contributed by atoms with Gasteiger partial charge in [-0.3, -0.25) is 0 Å². The van der Waals surface area contributed by atoms with Crippen LogP contribution in [0.4, 0.5) is 5.95 Å². The predicted octanol–water partition coefficient (Wildman–Crippen LogP) is 4.85. The molecule has 6 nitrogen and oxygen atoms in total. The number of anilines is 1. The van der Waals surface area contributed by atoms with Crippen LogP contribution in [-0.4, -0.2) is 26.0 Å². The standard InChI is InChI=1S/C20H19BrN6/c1-12(2)14-6-4-13(5-7-14)11-22-25-20-23-19-18(24-26-20)16-10-15(21)8-9-17(16)27(19)3/h4-12H,1-3H3,(H,23,25,26)/b22-11+. The van der Waals surface area contributed by atoms with Gasteiger partial charge in [0.25, 0.3) is 5.95 Å². The summed E-state index contributed by atoms with van der Waals surface area (Å²) in [6, 6.07) is 14.4. The van der Waals surface area contributed by atoms with Crippen LogP contribution in [0.15, 0.2) is 52.0 Å². The molecule has 0 saturated carbocycles. The van der Waals surface area contributed by atoms with E-state index >= 15 is 0 Å². The van der Waals surface area contributed by atoms with Gasteiger partial charge in [-0.2, -0.15) is 10.1 Å². The lowest BCUT2D eigenvalue weighted by atomic mass is 10.0. The van der Waals surface area contributed by atoms with E-state index in [1.807, 2.05) is 41.9 Å². The zero-order chi connectivity index (χ0) is 19.0. The topological polar surface area (TPSA) is 68.0 Å². The Kier molecular flexibility index (Phi) is 4.61. The molecule has 0 bridgehead atoms. The van der Waals surface area contributed by atoms with Crippen LogP contribution in [-0.2, 0) is 7.05 Å². The van der Waals surface area contributed by atoms with Gasteiger partial charge in [-0.05, 0) is 35.2 Å². The Hall–Kier alpha value is -2.80. The van der Waals surface area contributed by atoms with E-state index in [1.54, 1.807) is 6.21 Å². The first-order chi connectivity index (χ1) is 13.0. The molecule has 136 valence electrons. The second-order valence-electron chi connectivity index (χ2n) is 6.72. The first-order valence-electron chi connectivity index (χ1n) is 8.70. The van der Waals surface area contributed by atoms with Crippen molar-refractivity contribution >= 4 is 50.2 Å². The second-order valence-corrected chi connectivity index (χ2v) is 7.64. The van der Waals surface area contributed by atoms with Crippen LogP contribution < -0.4 is 5.43 Å². The Morgan fingerprint density at radius 2 is 1.89 bits per heavy atom. The number of hydrazone groups is 1. The van der Waals surface area contributed by atoms with Gasteiger partial charge in [0.2, 0.25) is 0 Å². The van der Waals surface area contributed by atoms with E-state index < -0.39 is 0 Å². The molecular formula is C20H19BrN6. The molecule has 4 rings (SSSR count). The Morgan fingerprint density at radius 3 is 2.63 bits per heavy atom. The zero-order valence-electron chi connectivity index (χ0n) is 15.3. The van der Waals surface area contributed by atoms with Crippen molar-refractivity contribution in [1.82, 2.24) is 19.7 Å². The van der Waals surface area contributed by atoms with Crippen molar-refractivity contribution in [1.29, 1.82) is 0 Å². The summed E-state index contributed by atoms with van der Waals surface area (Å²) >= 11 is 3.50. The maximum absolute atomic E-state index is 4.56. The molecule has 1 N–H and O–H groups in total. The Morgan fingerprint density at radius 1 is 1.11 bits per heavy atom. The molecule has 27 heavy (non-hydrogen) atoms. The smallest absolute Gasteiger partial charge is 0.265 e. The molecule has 2 aromatic carbocycles. The molecule has 0 unspecified atom stereocenters. The third-order valence-electron chi connectivity index (χ3n) is 4.54. The van der Waals surface area contributed by atoms with Gasteiger partial charge in [-0.25, -0.2) is 5.43 Å². The highest BCUT2D eigenvalue weighted by molar-refractivity contribution is 9.10. The number of rotatable bonds is 4. The number of hydrogen-bond donors (Lipinski definition) is 1. The molecule has 0 atom stereocenters. The van der Waals surface area contributed by atoms with Gasteiger partial charge in [0.1, 0.15) is 5.52 Å². The molecule has 0 aliphatic carbocycles. The molecular weight excluding hydrogens is 404 g/mol. The number of halogens is 1. The summed E-state index contributed by atoms with van der Waals surface area (Å²) in [5.41, 5.74) is 7.77. The van der Waals surface area contributed by atoms with E-state index in [0.717, 1.165) is 32.1 Å². The summed E-state index contributed by atoms with van der Waals surface area (Å²) in [5, 5.41) is 13.7. The van der Waals surface area contributed by atoms with Gasteiger partial charge in [-0.15, -0.1) is 10.2 Å². The number of benzene rings is 2. The molecule has 2 heterocycles. The van der Waals surface area contributed by atoms with Crippen LogP contribution in [0.5, 0.6) is 0 Å². The van der Waals surface area contributed by atoms with E-state index in [2.05, 4.69) is 67.6 Å². The summed E-state index contributed by atoms with van der Waals surface area (Å²) in [6.45, 7) is 4.35. The van der Waals surface area contributed by atoms with Crippen molar-refractivity contribution in [2.75, 3.05) is 5.43 Å². The van der Waals surface area contributed by atoms with Gasteiger partial charge >= 0.3 is 0 Å². The molecule has 0 spiro atoms. The highest BCUT2D eigenvalue weighted by Crippen LogP contribution is 2.28. The van der Waals surface area contributed by atoms with Crippen molar-refractivity contribution < 1.29 is 0 Å². The number of aryl methyl sites for hydroxylation is 1. The lowest BCUT2D eigenvalue weighted by Crippen LogP contribution is -2.00. The van der Waals surface area contributed by atoms with Gasteiger partial charge in [0, 0.05) is 16.9 Å². The first-order valence-corrected chi connectivity index (χ1v) is 9.49. The first kappa shape index (κ1) is 17.6. The molecule has 0 fully saturated rings. The van der Waals surface area contributed by atoms with Gasteiger partial charge in [0.15, 0.2) is 5.65 Å². The predicted molar refractivity (Wildman–Crippen MR) is 113 cm³/mol. The van der Waals surface area contributed by atoms with Crippen molar-refractivity contribution in [3.05, 3.63) is 58.1 Å². The number of nitrogens with one attached hydrogen (secondary N) is 1. The lowest BCUT2D eigenvalue weighted by molar-refractivity contribution is 0.866. The highest BCUT2D eigenvalue weighted by Gasteiger charge is 2.12. The van der Waals surface area contributed by atoms with Crippen molar-refractivity contribution in [3.63, 3.8) is 0 Å². The normalized spacial score (nSPS) is 11.9. The lowest BCUT2D eigenvalue weighted by Gasteiger charge is -2.04. The Bertz CT molecular complexity index is 1140. The fraction of sp³-hybridized carbons (Fsp3) is 0.200. The van der Waals surface area contributed by atoms with Crippen LogP contribution >= 0.6 is 15.9 Å². The molecule has 0 saturated heterocycles. The number of aromatic nitrogens is 4. The molecule has 0 radical (unpaired) electrons. The Labute approximate surface area is 165 Å². The largest absolute Gasteiger partial charge is 0.327 e. The van der Waals surface area contributed by atoms with Crippen LogP contribution in [0.25, 0.3) is 22.1 Å². The minimum atomic E-state index is 0.363. The van der Waals surface area contributed by atoms with Crippen molar-refractivity contribution in [2.45, 2.75) is 19.8 Å². The van der Waals surface area contributed by atoms with Crippen LogP contribution in [0.1, 0.15) is 30.9 Å². The summed E-state index contributed by atoms with van der Waals surface area (Å²) in [5.74, 6) is 0.879. The molecule has 7 heteroatoms. The monoisotopic (exact) mass is 422 g/mol. The number of nitrogens with zero attached hydrogens (tertiary/aromatic N) is 5. The van der Waals surface area contributed by atoms with E-state index in [1.165, 1.54) is 5.56 Å². The van der Waals surface area contributed by atoms with Crippen LogP contribution in [0.3, 0.4) is 0 Å². The van der Waals surface area contributed by atoms with Gasteiger partial charge < -0.3 is 4.57 Å². The van der Waals surface area contributed by atoms with Crippen LogP contribution in [0.2, 0.25) is 0 Å². The molecule has 4 aromatic rings. The summed E-state index contributed by atoms with van der Waals surface area (Å²) in [4.78, 5) is 4.56. The minimum Gasteiger partial charge on any atom is -0.327 e. The van der Waals surface area contributed by atoms with E-state index in [0.29, 0.717) is 11.9 Å². The zero-order valence-corrected chi connectivity index (χ0v) is 16.9. The molecule has 0 aliphatic rings. The fourth-order valence-corrected chi connectivity index (χ4v) is 3.37. The second kappa shape index (κ2) is 7.08. The molecule has 2 aromatic heterocycles. The summed E-state index contributed by atoms with van der Waals surface area (Å²) in [7, 11) is 1.97. The average Bonchev–Trinajstić information content (AvgIpc) is 2.94. The number of fused-ring (bicyclic) bond motifs is 3. The third kappa shape index (κ3) is 3.42. The van der Waals surface area contributed by atoms with Crippen molar-refractivity contribution in [3.8, 4) is 0 Å². The quantitative estimate of drug-likeness (QED) is 0.377. The third-order valence-corrected chi connectivity index (χ3v) is 5.04. The SMILES string of the molecule is CC(C)c1ccc(/C=N/Nc2nnc3c4cc(Br)ccc4n(C)c3n2)cc1. The van der Waals surface area contributed by atoms with E-state index in [4.69, 9.17) is 0 Å². The van der Waals surface area contributed by atoms with E-state index in [9.17, 15) is 0 Å². The molecule has 0 amide bonds. The van der Waals surface area contributed by atoms with Crippen LogP contribution in [0, 0.1) is 0 Å². The van der Waals surface area contributed by atoms with E-state index in [-0.39, 0.29) is 0 Å². The summed E-state index contributed by atoms with van der Waals surface area (Å²) in [6.07, 6.45) is 1.75. The fourth-order valence-electron chi connectivity index (χ4n) is 3.01. The maximum atomic E-state index is 4.56. The average molecular weight is 423 g/mol. The minimum absolute atomic E-state index is 0.363. The van der Waals surface area contributed by atoms with Gasteiger partial charge in [-0.1, -0.05) is 54.0 Å². The summed E-state index contributed by atoms with van der Waals surface area (Å²) < 4.78 is 3.00. The Balaban J connectivity index is 1.59. The maximum Gasteiger partial charge on any atom is 0.265 e. The number of hydrogen-bond acceptors (Lipinski definition) is 5. The highest BCUT2D eigenvalue weighted by atomic mass is 79.9.